The van der Waals surface area contributed by atoms with Crippen molar-refractivity contribution < 1.29 is 0 Å². The Labute approximate surface area is 70.2 Å². The molecule has 0 aromatic carbocycles. The highest BCUT2D eigenvalue weighted by Crippen LogP contribution is 2.04. The fraction of sp³-hybridized carbons (Fsp3) is 0.889. The molecule has 0 N–H and O–H groups in total. The molecule has 0 unspecified atom stereocenters. The van der Waals surface area contributed by atoms with Crippen LogP contribution in [0, 0.1) is 5.92 Å². The third-order valence-electron chi connectivity index (χ3n) is 2.14. The first kappa shape index (κ1) is 9.01. The van der Waals surface area contributed by atoms with E-state index in [0.29, 0.717) is 0 Å². The van der Waals surface area contributed by atoms with Gasteiger partial charge in [-0.3, -0.25) is 0 Å². The second-order valence-corrected chi connectivity index (χ2v) is 3.79. The minimum atomic E-state index is 1.19. The number of likely N-dealkylation sites (N-methyl/N-ethyl adjacent to an activating group) is 1. The molecule has 1 aliphatic heterocycles. The number of rotatable bonds is 2. The van der Waals surface area contributed by atoms with Crippen molar-refractivity contribution in [1.82, 2.24) is 9.80 Å². The van der Waals surface area contributed by atoms with Crippen LogP contribution in [0.3, 0.4) is 0 Å². The first-order valence-corrected chi connectivity index (χ1v) is 4.38. The van der Waals surface area contributed by atoms with Crippen LogP contribution in [-0.4, -0.2) is 49.6 Å². The zero-order valence-electron chi connectivity index (χ0n) is 7.93. The van der Waals surface area contributed by atoms with Crippen LogP contribution in [0.2, 0.25) is 0 Å². The van der Waals surface area contributed by atoms with Gasteiger partial charge in [-0.15, -0.1) is 0 Å². The van der Waals surface area contributed by atoms with E-state index in [0.717, 1.165) is 0 Å². The van der Waals surface area contributed by atoms with E-state index < -0.39 is 0 Å². The van der Waals surface area contributed by atoms with Crippen LogP contribution in [0.15, 0.2) is 0 Å². The van der Waals surface area contributed by atoms with E-state index in [4.69, 9.17) is 0 Å². The molecule has 1 saturated heterocycles. The van der Waals surface area contributed by atoms with E-state index in [9.17, 15) is 0 Å². The summed E-state index contributed by atoms with van der Waals surface area (Å²) < 4.78 is 0. The van der Waals surface area contributed by atoms with Crippen molar-refractivity contribution >= 4 is 0 Å². The van der Waals surface area contributed by atoms with Crippen molar-refractivity contribution in [1.29, 1.82) is 0 Å². The molecule has 0 bridgehead atoms. The number of nitrogens with zero attached hydrogens (tertiary/aromatic N) is 2. The SMILES string of the molecule is C[C](C)CN1CCN(C)CC1. The zero-order chi connectivity index (χ0) is 8.27. The lowest BCUT2D eigenvalue weighted by molar-refractivity contribution is 0.159. The fourth-order valence-corrected chi connectivity index (χ4v) is 1.45. The second kappa shape index (κ2) is 4.07. The monoisotopic (exact) mass is 155 g/mol. The normalized spacial score (nSPS) is 22.9. The average molecular weight is 155 g/mol. The second-order valence-electron chi connectivity index (χ2n) is 3.79. The molecule has 1 radical (unpaired) electrons. The molecule has 0 aliphatic carbocycles. The molecule has 1 aliphatic rings. The predicted molar refractivity (Wildman–Crippen MR) is 48.5 cm³/mol. The summed E-state index contributed by atoms with van der Waals surface area (Å²) in [5.41, 5.74) is 0. The highest BCUT2D eigenvalue weighted by atomic mass is 15.2. The predicted octanol–water partition coefficient (Wildman–Crippen LogP) is 0.848. The highest BCUT2D eigenvalue weighted by Gasteiger charge is 2.13. The van der Waals surface area contributed by atoms with E-state index in [1.807, 2.05) is 0 Å². The van der Waals surface area contributed by atoms with E-state index in [1.54, 1.807) is 0 Å². The van der Waals surface area contributed by atoms with Crippen molar-refractivity contribution in [2.45, 2.75) is 13.8 Å². The van der Waals surface area contributed by atoms with Gasteiger partial charge in [0.2, 0.25) is 0 Å². The van der Waals surface area contributed by atoms with Crippen LogP contribution in [-0.2, 0) is 0 Å². The maximum atomic E-state index is 2.52. The third kappa shape index (κ3) is 3.21. The van der Waals surface area contributed by atoms with Crippen molar-refractivity contribution in [3.63, 3.8) is 0 Å². The minimum absolute atomic E-state index is 1.19. The lowest BCUT2D eigenvalue weighted by Crippen LogP contribution is -2.45. The molecule has 1 heterocycles. The van der Waals surface area contributed by atoms with Gasteiger partial charge in [-0.1, -0.05) is 13.8 Å². The Kier molecular flexibility index (Phi) is 3.34. The Morgan fingerprint density at radius 1 is 1.09 bits per heavy atom. The van der Waals surface area contributed by atoms with Crippen molar-refractivity contribution in [2.75, 3.05) is 39.8 Å². The van der Waals surface area contributed by atoms with E-state index in [-0.39, 0.29) is 0 Å². The quantitative estimate of drug-likeness (QED) is 0.583. The van der Waals surface area contributed by atoms with Gasteiger partial charge in [-0.05, 0) is 13.0 Å². The topological polar surface area (TPSA) is 6.48 Å². The Balaban J connectivity index is 2.17. The maximum absolute atomic E-state index is 2.52. The van der Waals surface area contributed by atoms with Gasteiger partial charge < -0.3 is 9.80 Å². The molecule has 2 nitrogen and oxygen atoms in total. The summed E-state index contributed by atoms with van der Waals surface area (Å²) in [6.45, 7) is 10.5. The van der Waals surface area contributed by atoms with Crippen LogP contribution in [0.25, 0.3) is 0 Å². The maximum Gasteiger partial charge on any atom is 0.0110 e. The lowest BCUT2D eigenvalue weighted by atomic mass is 10.2. The summed E-state index contributed by atoms with van der Waals surface area (Å²) in [6, 6.07) is 0. The van der Waals surface area contributed by atoms with Gasteiger partial charge in [0.1, 0.15) is 0 Å². The molecule has 2 heteroatoms. The first-order valence-electron chi connectivity index (χ1n) is 4.38. The summed E-state index contributed by atoms with van der Waals surface area (Å²) in [4.78, 5) is 4.91. The molecule has 0 aromatic rings. The fourth-order valence-electron chi connectivity index (χ4n) is 1.45. The summed E-state index contributed by atoms with van der Waals surface area (Å²) in [7, 11) is 2.19. The van der Waals surface area contributed by atoms with Crippen LogP contribution in [0.5, 0.6) is 0 Å². The van der Waals surface area contributed by atoms with E-state index >= 15 is 0 Å². The van der Waals surface area contributed by atoms with Gasteiger partial charge in [-0.25, -0.2) is 0 Å². The number of hydrogen-bond acceptors (Lipinski definition) is 2. The Hall–Kier alpha value is -0.0800. The van der Waals surface area contributed by atoms with Gasteiger partial charge >= 0.3 is 0 Å². The lowest BCUT2D eigenvalue weighted by Gasteiger charge is -2.33. The van der Waals surface area contributed by atoms with Gasteiger partial charge in [0.15, 0.2) is 0 Å². The van der Waals surface area contributed by atoms with Crippen LogP contribution >= 0.6 is 0 Å². The first-order chi connectivity index (χ1) is 5.18. The van der Waals surface area contributed by atoms with Gasteiger partial charge in [-0.2, -0.15) is 0 Å². The summed E-state index contributed by atoms with van der Waals surface area (Å²) in [5, 5.41) is 0. The van der Waals surface area contributed by atoms with Gasteiger partial charge in [0.25, 0.3) is 0 Å². The molecule has 0 atom stereocenters. The summed E-state index contributed by atoms with van der Waals surface area (Å²) in [5.74, 6) is 1.52. The van der Waals surface area contributed by atoms with E-state index in [2.05, 4.69) is 30.7 Å². The standard InChI is InChI=1S/C9H19N2/c1-9(2)8-11-6-4-10(3)5-7-11/h4-8H2,1-3H3. The molecule has 0 aromatic heterocycles. The minimum Gasteiger partial charge on any atom is -0.304 e. The Bertz CT molecular complexity index is 104. The average Bonchev–Trinajstić information content (AvgIpc) is 1.93. The molecule has 1 fully saturated rings. The molecule has 0 spiro atoms. The molecular weight excluding hydrogens is 136 g/mol. The van der Waals surface area contributed by atoms with Crippen molar-refractivity contribution in [2.24, 2.45) is 0 Å². The Morgan fingerprint density at radius 2 is 1.64 bits per heavy atom. The van der Waals surface area contributed by atoms with Crippen molar-refractivity contribution in [3.8, 4) is 0 Å². The van der Waals surface area contributed by atoms with Crippen LogP contribution < -0.4 is 0 Å². The van der Waals surface area contributed by atoms with Gasteiger partial charge in [0.05, 0.1) is 0 Å². The molecular formula is C9H19N2. The number of piperazine rings is 1. The molecule has 0 saturated carbocycles. The molecule has 1 rings (SSSR count). The third-order valence-corrected chi connectivity index (χ3v) is 2.14. The highest BCUT2D eigenvalue weighted by molar-refractivity contribution is 4.83. The molecule has 11 heavy (non-hydrogen) atoms. The zero-order valence-corrected chi connectivity index (χ0v) is 7.93. The molecule has 0 amide bonds. The van der Waals surface area contributed by atoms with Crippen molar-refractivity contribution in [3.05, 3.63) is 5.92 Å². The van der Waals surface area contributed by atoms with E-state index in [1.165, 1.54) is 38.6 Å². The van der Waals surface area contributed by atoms with Crippen LogP contribution in [0.4, 0.5) is 0 Å². The smallest absolute Gasteiger partial charge is 0.0110 e. The molecule has 65 valence electrons. The van der Waals surface area contributed by atoms with Crippen LogP contribution in [0.1, 0.15) is 13.8 Å². The largest absolute Gasteiger partial charge is 0.304 e. The van der Waals surface area contributed by atoms with Gasteiger partial charge in [0, 0.05) is 32.7 Å². The number of hydrogen-bond donors (Lipinski definition) is 0. The summed E-state index contributed by atoms with van der Waals surface area (Å²) in [6.07, 6.45) is 0. The summed E-state index contributed by atoms with van der Waals surface area (Å²) >= 11 is 0. The Morgan fingerprint density at radius 3 is 2.09 bits per heavy atom.